The summed E-state index contributed by atoms with van der Waals surface area (Å²) in [5, 5.41) is 1.04. The maximum Gasteiger partial charge on any atom is 0.246 e. The van der Waals surface area contributed by atoms with Gasteiger partial charge in [0, 0.05) is 19.3 Å². The molecule has 1 atom stereocenters. The second-order valence-corrected chi connectivity index (χ2v) is 7.45. The number of amides is 2. The summed E-state index contributed by atoms with van der Waals surface area (Å²) in [5.41, 5.74) is 0.692. The number of nitrogens with zero attached hydrogens (tertiary/aromatic N) is 3. The SMILES string of the molecule is CC(Sc1ccccn1)C(=O)N1CCN(c2ccccc2Cl)C(=O)C1. The summed E-state index contributed by atoms with van der Waals surface area (Å²) in [6.07, 6.45) is 1.70. The molecule has 1 aromatic carbocycles. The first-order valence-electron chi connectivity index (χ1n) is 7.97. The zero-order chi connectivity index (χ0) is 17.8. The molecule has 1 saturated heterocycles. The van der Waals surface area contributed by atoms with Gasteiger partial charge in [0.25, 0.3) is 0 Å². The van der Waals surface area contributed by atoms with Gasteiger partial charge < -0.3 is 9.80 Å². The number of halogens is 1. The van der Waals surface area contributed by atoms with Crippen molar-refractivity contribution < 1.29 is 9.59 Å². The smallest absolute Gasteiger partial charge is 0.246 e. The van der Waals surface area contributed by atoms with E-state index < -0.39 is 0 Å². The summed E-state index contributed by atoms with van der Waals surface area (Å²) in [4.78, 5) is 32.6. The van der Waals surface area contributed by atoms with E-state index in [9.17, 15) is 9.59 Å². The Morgan fingerprint density at radius 2 is 1.96 bits per heavy atom. The average molecular weight is 376 g/mol. The number of pyridine rings is 1. The van der Waals surface area contributed by atoms with Gasteiger partial charge in [-0.25, -0.2) is 4.98 Å². The molecule has 130 valence electrons. The molecule has 0 radical (unpaired) electrons. The van der Waals surface area contributed by atoms with Crippen LogP contribution in [0.4, 0.5) is 5.69 Å². The fraction of sp³-hybridized carbons (Fsp3) is 0.278. The van der Waals surface area contributed by atoms with Gasteiger partial charge in [0.15, 0.2) is 0 Å². The molecule has 5 nitrogen and oxygen atoms in total. The van der Waals surface area contributed by atoms with E-state index in [4.69, 9.17) is 11.6 Å². The zero-order valence-corrected chi connectivity index (χ0v) is 15.3. The second kappa shape index (κ2) is 7.89. The van der Waals surface area contributed by atoms with Gasteiger partial charge in [-0.15, -0.1) is 0 Å². The van der Waals surface area contributed by atoms with Gasteiger partial charge in [0.2, 0.25) is 11.8 Å². The predicted molar refractivity (Wildman–Crippen MR) is 99.9 cm³/mol. The van der Waals surface area contributed by atoms with E-state index in [0.29, 0.717) is 23.8 Å². The van der Waals surface area contributed by atoms with E-state index >= 15 is 0 Å². The Balaban J connectivity index is 1.63. The lowest BCUT2D eigenvalue weighted by Gasteiger charge is -2.35. The van der Waals surface area contributed by atoms with Crippen LogP contribution in [0.25, 0.3) is 0 Å². The summed E-state index contributed by atoms with van der Waals surface area (Å²) in [6.45, 7) is 2.84. The third-order valence-electron chi connectivity index (χ3n) is 3.96. The Morgan fingerprint density at radius 1 is 1.20 bits per heavy atom. The first kappa shape index (κ1) is 17.8. The molecule has 0 N–H and O–H groups in total. The number of para-hydroxylation sites is 1. The standard InChI is InChI=1S/C18H18ClN3O2S/c1-13(25-16-8-4-5-9-20-16)18(24)21-10-11-22(17(23)12-21)15-7-3-2-6-14(15)19/h2-9,13H,10-12H2,1H3. The molecule has 1 aliphatic heterocycles. The number of anilines is 1. The molecule has 25 heavy (non-hydrogen) atoms. The lowest BCUT2D eigenvalue weighted by atomic mass is 10.2. The number of piperazine rings is 1. The molecule has 0 saturated carbocycles. The van der Waals surface area contributed by atoms with Crippen LogP contribution < -0.4 is 4.90 Å². The van der Waals surface area contributed by atoms with Crippen LogP contribution in [0.5, 0.6) is 0 Å². The molecule has 2 heterocycles. The van der Waals surface area contributed by atoms with Crippen molar-refractivity contribution in [3.05, 3.63) is 53.7 Å². The predicted octanol–water partition coefficient (Wildman–Crippen LogP) is 3.09. The number of rotatable bonds is 4. The van der Waals surface area contributed by atoms with Crippen LogP contribution in [0.2, 0.25) is 5.02 Å². The minimum Gasteiger partial charge on any atom is -0.331 e. The molecule has 0 bridgehead atoms. The van der Waals surface area contributed by atoms with Gasteiger partial charge in [0.05, 0.1) is 21.0 Å². The minimum absolute atomic E-state index is 0.0530. The van der Waals surface area contributed by atoms with Crippen LogP contribution in [0, 0.1) is 0 Å². The van der Waals surface area contributed by atoms with E-state index in [1.807, 2.05) is 43.3 Å². The molecule has 0 spiro atoms. The van der Waals surface area contributed by atoms with Crippen molar-refractivity contribution in [1.29, 1.82) is 0 Å². The Morgan fingerprint density at radius 3 is 2.64 bits per heavy atom. The lowest BCUT2D eigenvalue weighted by molar-refractivity contribution is -0.136. The van der Waals surface area contributed by atoms with Crippen LogP contribution in [0.15, 0.2) is 53.7 Å². The molecule has 1 fully saturated rings. The summed E-state index contributed by atoms with van der Waals surface area (Å²) < 4.78 is 0. The fourth-order valence-corrected chi connectivity index (χ4v) is 3.82. The highest BCUT2D eigenvalue weighted by atomic mass is 35.5. The average Bonchev–Trinajstić information content (AvgIpc) is 2.62. The molecular formula is C18H18ClN3O2S. The van der Waals surface area contributed by atoms with Crippen LogP contribution in [0.1, 0.15) is 6.92 Å². The van der Waals surface area contributed by atoms with E-state index in [1.54, 1.807) is 22.1 Å². The number of carbonyl (C=O) groups is 2. The van der Waals surface area contributed by atoms with Crippen molar-refractivity contribution in [2.45, 2.75) is 17.2 Å². The molecule has 1 aromatic heterocycles. The number of benzene rings is 1. The highest BCUT2D eigenvalue weighted by molar-refractivity contribution is 8.00. The van der Waals surface area contributed by atoms with Gasteiger partial charge >= 0.3 is 0 Å². The van der Waals surface area contributed by atoms with Crippen LogP contribution >= 0.6 is 23.4 Å². The minimum atomic E-state index is -0.297. The number of hydrogen-bond donors (Lipinski definition) is 0. The monoisotopic (exact) mass is 375 g/mol. The summed E-state index contributed by atoms with van der Waals surface area (Å²) in [7, 11) is 0. The summed E-state index contributed by atoms with van der Waals surface area (Å²) in [6, 6.07) is 12.8. The normalized spacial score (nSPS) is 16.0. The molecule has 2 amide bonds. The van der Waals surface area contributed by atoms with Gasteiger partial charge in [-0.3, -0.25) is 9.59 Å². The third kappa shape index (κ3) is 4.14. The molecule has 3 rings (SSSR count). The molecule has 2 aromatic rings. The van der Waals surface area contributed by atoms with Crippen molar-refractivity contribution in [2.24, 2.45) is 0 Å². The van der Waals surface area contributed by atoms with Gasteiger partial charge in [0.1, 0.15) is 6.54 Å². The second-order valence-electron chi connectivity index (χ2n) is 5.68. The third-order valence-corrected chi connectivity index (χ3v) is 5.32. The Kier molecular flexibility index (Phi) is 5.60. The zero-order valence-electron chi connectivity index (χ0n) is 13.8. The van der Waals surface area contributed by atoms with Crippen LogP contribution in [-0.2, 0) is 9.59 Å². The number of thioether (sulfide) groups is 1. The highest BCUT2D eigenvalue weighted by Gasteiger charge is 2.31. The van der Waals surface area contributed by atoms with Gasteiger partial charge in [-0.2, -0.15) is 0 Å². The van der Waals surface area contributed by atoms with Crippen LogP contribution in [-0.4, -0.2) is 46.6 Å². The fourth-order valence-electron chi connectivity index (χ4n) is 2.69. The maximum atomic E-state index is 12.6. The van der Waals surface area contributed by atoms with Crippen molar-refractivity contribution in [1.82, 2.24) is 9.88 Å². The molecular weight excluding hydrogens is 358 g/mol. The van der Waals surface area contributed by atoms with Crippen molar-refractivity contribution in [2.75, 3.05) is 24.5 Å². The first-order chi connectivity index (χ1) is 12.1. The molecule has 1 unspecified atom stereocenters. The van der Waals surface area contributed by atoms with Gasteiger partial charge in [-0.05, 0) is 31.2 Å². The van der Waals surface area contributed by atoms with Crippen molar-refractivity contribution >= 4 is 40.9 Å². The van der Waals surface area contributed by atoms with E-state index in [1.165, 1.54) is 11.8 Å². The maximum absolute atomic E-state index is 12.6. The van der Waals surface area contributed by atoms with Crippen LogP contribution in [0.3, 0.4) is 0 Å². The molecule has 1 aliphatic rings. The Bertz CT molecular complexity index is 772. The number of carbonyl (C=O) groups excluding carboxylic acids is 2. The van der Waals surface area contributed by atoms with E-state index in [0.717, 1.165) is 5.03 Å². The van der Waals surface area contributed by atoms with Crippen molar-refractivity contribution in [3.63, 3.8) is 0 Å². The highest BCUT2D eigenvalue weighted by Crippen LogP contribution is 2.27. The largest absolute Gasteiger partial charge is 0.331 e. The number of aromatic nitrogens is 1. The molecule has 0 aliphatic carbocycles. The molecule has 7 heteroatoms. The van der Waals surface area contributed by atoms with Gasteiger partial charge in [-0.1, -0.05) is 41.6 Å². The quantitative estimate of drug-likeness (QED) is 0.770. The first-order valence-corrected chi connectivity index (χ1v) is 9.23. The lowest BCUT2D eigenvalue weighted by Crippen LogP contribution is -2.54. The Hall–Kier alpha value is -2.05. The topological polar surface area (TPSA) is 53.5 Å². The Labute approximate surface area is 156 Å². The van der Waals surface area contributed by atoms with E-state index in [-0.39, 0.29) is 23.6 Å². The summed E-state index contributed by atoms with van der Waals surface area (Å²) >= 11 is 7.58. The van der Waals surface area contributed by atoms with Crippen molar-refractivity contribution in [3.8, 4) is 0 Å². The number of hydrogen-bond acceptors (Lipinski definition) is 4. The van der Waals surface area contributed by atoms with E-state index in [2.05, 4.69) is 4.98 Å². The summed E-state index contributed by atoms with van der Waals surface area (Å²) in [5.74, 6) is -0.175.